The highest BCUT2D eigenvalue weighted by Crippen LogP contribution is 2.27. The van der Waals surface area contributed by atoms with Crippen LogP contribution in [-0.2, 0) is 26.3 Å². The summed E-state index contributed by atoms with van der Waals surface area (Å²) >= 11 is 5.72. The highest BCUT2D eigenvalue weighted by atomic mass is 32.3. The first-order valence-electron chi connectivity index (χ1n) is 3.32. The van der Waals surface area contributed by atoms with E-state index in [1.807, 2.05) is 11.8 Å². The molecule has 0 spiro atoms. The molecule has 1 rings (SSSR count). The van der Waals surface area contributed by atoms with E-state index in [4.69, 9.17) is 0 Å². The molecule has 0 aromatic rings. The van der Waals surface area contributed by atoms with Crippen molar-refractivity contribution in [3.8, 4) is 0 Å². The predicted octanol–water partition coefficient (Wildman–Crippen LogP) is 0.288. The summed E-state index contributed by atoms with van der Waals surface area (Å²) < 4.78 is 31.9. The second kappa shape index (κ2) is 7.24. The maximum atomic E-state index is 9.22. The van der Waals surface area contributed by atoms with Crippen molar-refractivity contribution in [2.45, 2.75) is 3.91 Å². The van der Waals surface area contributed by atoms with Crippen molar-refractivity contribution in [3.63, 3.8) is 0 Å². The molecule has 1 heterocycles. The lowest BCUT2D eigenvalue weighted by molar-refractivity contribution is 0.314. The van der Waals surface area contributed by atoms with E-state index in [1.165, 1.54) is 11.5 Å². The normalized spacial score (nSPS) is 22.2. The van der Waals surface area contributed by atoms with Gasteiger partial charge in [-0.2, -0.15) is 0 Å². The first kappa shape index (κ1) is 13.9. The van der Waals surface area contributed by atoms with Gasteiger partial charge < -0.3 is 4.55 Å². The fourth-order valence-corrected chi connectivity index (χ4v) is 4.56. The Labute approximate surface area is 91.5 Å². The summed E-state index contributed by atoms with van der Waals surface area (Å²) in [6.07, 6.45) is 2.19. The van der Waals surface area contributed by atoms with Crippen LogP contribution < -0.4 is 0 Å². The van der Waals surface area contributed by atoms with E-state index in [2.05, 4.69) is 22.2 Å². The van der Waals surface area contributed by atoms with Crippen molar-refractivity contribution in [1.29, 1.82) is 0 Å². The topological polar surface area (TPSA) is 66.4 Å². The monoisotopic (exact) mass is 264 g/mol. The van der Waals surface area contributed by atoms with Crippen LogP contribution in [-0.4, -0.2) is 41.8 Å². The van der Waals surface area contributed by atoms with E-state index in [0.717, 1.165) is 11.0 Å². The van der Waals surface area contributed by atoms with Gasteiger partial charge >= 0.3 is 0 Å². The fraction of sp³-hybridized carbons (Fsp3) is 1.00. The standard InChI is InChI=1S/C4H8S3.CH4O4S/c1-5-4-6-2-3-7-4;1-5-6(2,3)4/h4H,2-3H2,1H3;1H3,(H,2,3,4). The largest absolute Gasteiger partial charge is 0.726 e. The third-order valence-corrected chi connectivity index (χ3v) is 6.61. The molecule has 13 heavy (non-hydrogen) atoms. The number of thioether (sulfide) groups is 2. The Morgan fingerprint density at radius 2 is 2.23 bits per heavy atom. The smallest absolute Gasteiger partial charge is 0.217 e. The molecular weight excluding hydrogens is 252 g/mol. The average Bonchev–Trinajstić information content (AvgIpc) is 2.56. The first-order chi connectivity index (χ1) is 5.99. The molecule has 80 valence electrons. The molecule has 0 aromatic heterocycles. The summed E-state index contributed by atoms with van der Waals surface area (Å²) in [5, 5.41) is 0. The van der Waals surface area contributed by atoms with Crippen LogP contribution in [0, 0.1) is 0 Å². The number of hydrogen-bond donors (Lipinski definition) is 0. The van der Waals surface area contributed by atoms with Crippen LogP contribution in [0.4, 0.5) is 0 Å². The molecule has 1 saturated heterocycles. The van der Waals surface area contributed by atoms with Crippen molar-refractivity contribution in [2.75, 3.05) is 24.9 Å². The first-order valence-corrected chi connectivity index (χ1v) is 8.14. The Morgan fingerprint density at radius 1 is 1.69 bits per heavy atom. The lowest BCUT2D eigenvalue weighted by atomic mass is 11.0. The molecule has 0 radical (unpaired) electrons. The lowest BCUT2D eigenvalue weighted by Gasteiger charge is -1.98. The Balaban J connectivity index is 0.000000226. The summed E-state index contributed by atoms with van der Waals surface area (Å²) in [4.78, 5) is 0. The molecule has 1 atom stereocenters. The predicted molar refractivity (Wildman–Crippen MR) is 60.1 cm³/mol. The minimum absolute atomic E-state index is 0.808. The third-order valence-electron chi connectivity index (χ3n) is 1.04. The van der Waals surface area contributed by atoms with Gasteiger partial charge in [0.05, 0.1) is 7.11 Å². The van der Waals surface area contributed by atoms with Crippen LogP contribution in [0.25, 0.3) is 0 Å². The van der Waals surface area contributed by atoms with Crippen LogP contribution in [0.15, 0.2) is 0 Å². The van der Waals surface area contributed by atoms with Gasteiger partial charge in [0.1, 0.15) is 5.75 Å². The van der Waals surface area contributed by atoms with E-state index < -0.39 is 10.4 Å². The van der Waals surface area contributed by atoms with Gasteiger partial charge in [0, 0.05) is 5.75 Å². The number of thiol groups is 1. The second-order valence-corrected chi connectivity index (χ2v) is 7.53. The summed E-state index contributed by atoms with van der Waals surface area (Å²) in [5.74, 6) is 2.79. The highest BCUT2D eigenvalue weighted by molar-refractivity contribution is 8.28. The maximum Gasteiger partial charge on any atom is 0.217 e. The molecule has 1 aliphatic heterocycles. The zero-order valence-corrected chi connectivity index (χ0v) is 10.6. The van der Waals surface area contributed by atoms with Gasteiger partial charge in [-0.3, -0.25) is 4.18 Å². The Bertz CT molecular complexity index is 209. The summed E-state index contributed by atoms with van der Waals surface area (Å²) in [6.45, 7) is 0. The SMILES string of the molecule is COS(=O)(=O)[O-].CSC1SCC[SH+]1. The summed E-state index contributed by atoms with van der Waals surface area (Å²) in [5.41, 5.74) is 0. The quantitative estimate of drug-likeness (QED) is 0.309. The van der Waals surface area contributed by atoms with E-state index in [-0.39, 0.29) is 0 Å². The molecule has 0 aromatic carbocycles. The average molecular weight is 264 g/mol. The molecule has 0 amide bonds. The molecule has 1 aliphatic rings. The molecule has 0 aliphatic carbocycles. The molecule has 1 fully saturated rings. The molecular formula is C5H12O4S4. The van der Waals surface area contributed by atoms with Gasteiger partial charge in [-0.1, -0.05) is 23.5 Å². The van der Waals surface area contributed by atoms with E-state index in [1.54, 1.807) is 11.8 Å². The van der Waals surface area contributed by atoms with Crippen molar-refractivity contribution >= 4 is 45.7 Å². The second-order valence-electron chi connectivity index (χ2n) is 1.89. The molecule has 4 nitrogen and oxygen atoms in total. The van der Waals surface area contributed by atoms with E-state index in [0.29, 0.717) is 0 Å². The molecule has 8 heteroatoms. The van der Waals surface area contributed by atoms with Gasteiger partial charge in [-0.05, 0) is 18.0 Å². The van der Waals surface area contributed by atoms with Gasteiger partial charge in [0.25, 0.3) is 0 Å². The van der Waals surface area contributed by atoms with Crippen molar-refractivity contribution in [1.82, 2.24) is 0 Å². The number of hydrogen-bond acceptors (Lipinski definition) is 6. The summed E-state index contributed by atoms with van der Waals surface area (Å²) in [7, 11) is -3.60. The van der Waals surface area contributed by atoms with Crippen molar-refractivity contribution in [2.24, 2.45) is 0 Å². The lowest BCUT2D eigenvalue weighted by Crippen LogP contribution is -1.97. The fourth-order valence-electron chi connectivity index (χ4n) is 0.507. The zero-order valence-electron chi connectivity index (χ0n) is 7.30. The molecule has 1 unspecified atom stereocenters. The van der Waals surface area contributed by atoms with Gasteiger partial charge in [-0.15, -0.1) is 0 Å². The summed E-state index contributed by atoms with van der Waals surface area (Å²) in [6, 6.07) is 0. The van der Waals surface area contributed by atoms with Crippen LogP contribution in [0.3, 0.4) is 0 Å². The maximum absolute atomic E-state index is 9.22. The Morgan fingerprint density at radius 3 is 2.38 bits per heavy atom. The van der Waals surface area contributed by atoms with E-state index >= 15 is 0 Å². The van der Waals surface area contributed by atoms with Gasteiger partial charge in [0.2, 0.25) is 14.3 Å². The van der Waals surface area contributed by atoms with Crippen molar-refractivity contribution < 1.29 is 17.2 Å². The van der Waals surface area contributed by atoms with Gasteiger partial charge in [-0.25, -0.2) is 8.42 Å². The Kier molecular flexibility index (Phi) is 7.76. The van der Waals surface area contributed by atoms with Crippen molar-refractivity contribution in [3.05, 3.63) is 0 Å². The minimum Gasteiger partial charge on any atom is -0.726 e. The number of rotatable bonds is 2. The third kappa shape index (κ3) is 9.23. The molecule has 0 saturated carbocycles. The zero-order chi connectivity index (χ0) is 10.3. The van der Waals surface area contributed by atoms with Gasteiger partial charge in [0.15, 0.2) is 0 Å². The minimum atomic E-state index is -4.41. The molecule has 0 bridgehead atoms. The van der Waals surface area contributed by atoms with Crippen LogP contribution in [0.2, 0.25) is 0 Å². The van der Waals surface area contributed by atoms with Crippen LogP contribution in [0.5, 0.6) is 0 Å². The highest BCUT2D eigenvalue weighted by Gasteiger charge is 2.21. The van der Waals surface area contributed by atoms with Crippen LogP contribution >= 0.6 is 23.5 Å². The Hall–Kier alpha value is 0.920. The van der Waals surface area contributed by atoms with Crippen LogP contribution in [0.1, 0.15) is 0 Å². The van der Waals surface area contributed by atoms with E-state index in [9.17, 15) is 13.0 Å². The molecule has 0 N–H and O–H groups in total.